The van der Waals surface area contributed by atoms with Crippen LogP contribution in [0.1, 0.15) is 12.8 Å². The van der Waals surface area contributed by atoms with Gasteiger partial charge in [0.1, 0.15) is 0 Å². The van der Waals surface area contributed by atoms with E-state index in [-0.39, 0.29) is 12.8 Å². The number of aliphatic carboxylic acids is 1. The molecule has 0 saturated carbocycles. The zero-order chi connectivity index (χ0) is 13.2. The number of alkyl halides is 3. The number of carbonyl (C=O) groups is 2. The average Bonchev–Trinajstić information content (AvgIpc) is 2.37. The van der Waals surface area contributed by atoms with Gasteiger partial charge in [0, 0.05) is 13.1 Å². The van der Waals surface area contributed by atoms with E-state index in [1.54, 1.807) is 0 Å². The SMILES string of the molecule is O=C(O)[C@H]1CC[C@@H](O)CN(C(=O)C(F)(F)F)C1. The smallest absolute Gasteiger partial charge is 0.471 e. The second-order valence-electron chi connectivity index (χ2n) is 3.97. The van der Waals surface area contributed by atoms with Crippen LogP contribution < -0.4 is 0 Å². The second kappa shape index (κ2) is 4.91. The number of carboxylic acids is 1. The highest BCUT2D eigenvalue weighted by molar-refractivity contribution is 5.82. The van der Waals surface area contributed by atoms with E-state index >= 15 is 0 Å². The molecule has 0 aliphatic carbocycles. The van der Waals surface area contributed by atoms with Gasteiger partial charge in [-0.1, -0.05) is 0 Å². The number of aliphatic hydroxyl groups is 1. The van der Waals surface area contributed by atoms with Gasteiger partial charge < -0.3 is 15.1 Å². The van der Waals surface area contributed by atoms with Gasteiger partial charge in [0.05, 0.1) is 12.0 Å². The second-order valence-corrected chi connectivity index (χ2v) is 3.97. The van der Waals surface area contributed by atoms with Gasteiger partial charge in [0.2, 0.25) is 0 Å². The fourth-order valence-corrected chi connectivity index (χ4v) is 1.72. The molecular weight excluding hydrogens is 243 g/mol. The van der Waals surface area contributed by atoms with Crippen LogP contribution in [0.25, 0.3) is 0 Å². The molecule has 1 saturated heterocycles. The van der Waals surface area contributed by atoms with Crippen LogP contribution in [-0.4, -0.2) is 52.4 Å². The largest absolute Gasteiger partial charge is 0.481 e. The zero-order valence-corrected chi connectivity index (χ0v) is 8.78. The Bertz CT molecular complexity index is 318. The lowest BCUT2D eigenvalue weighted by atomic mass is 10.0. The molecule has 8 heteroatoms. The number of likely N-dealkylation sites (tertiary alicyclic amines) is 1. The van der Waals surface area contributed by atoms with Crippen molar-refractivity contribution < 1.29 is 33.0 Å². The molecule has 0 aromatic rings. The number of amides is 1. The first-order valence-electron chi connectivity index (χ1n) is 4.98. The van der Waals surface area contributed by atoms with Crippen LogP contribution >= 0.6 is 0 Å². The molecule has 1 aliphatic rings. The maximum atomic E-state index is 12.2. The Morgan fingerprint density at radius 3 is 2.24 bits per heavy atom. The Hall–Kier alpha value is -1.31. The first-order valence-corrected chi connectivity index (χ1v) is 4.98. The van der Waals surface area contributed by atoms with Gasteiger partial charge in [0.25, 0.3) is 0 Å². The average molecular weight is 255 g/mol. The predicted octanol–water partition coefficient (Wildman–Crippen LogP) is 0.233. The Kier molecular flexibility index (Phi) is 3.97. The Morgan fingerprint density at radius 1 is 1.18 bits per heavy atom. The van der Waals surface area contributed by atoms with Crippen LogP contribution in [0.3, 0.4) is 0 Å². The molecule has 1 amide bonds. The van der Waals surface area contributed by atoms with E-state index in [0.29, 0.717) is 4.90 Å². The van der Waals surface area contributed by atoms with Gasteiger partial charge >= 0.3 is 18.1 Å². The third-order valence-electron chi connectivity index (χ3n) is 2.60. The van der Waals surface area contributed by atoms with E-state index in [1.807, 2.05) is 0 Å². The minimum Gasteiger partial charge on any atom is -0.481 e. The van der Waals surface area contributed by atoms with Crippen LogP contribution in [0, 0.1) is 5.92 Å². The molecule has 1 rings (SSSR count). The van der Waals surface area contributed by atoms with Crippen molar-refractivity contribution in [2.45, 2.75) is 25.1 Å². The van der Waals surface area contributed by atoms with Crippen LogP contribution in [0.5, 0.6) is 0 Å². The summed E-state index contributed by atoms with van der Waals surface area (Å²) in [5, 5.41) is 18.1. The Morgan fingerprint density at radius 2 is 1.76 bits per heavy atom. The highest BCUT2D eigenvalue weighted by Crippen LogP contribution is 2.23. The molecule has 0 aromatic heterocycles. The van der Waals surface area contributed by atoms with E-state index in [2.05, 4.69) is 0 Å². The molecule has 0 unspecified atom stereocenters. The monoisotopic (exact) mass is 255 g/mol. The Balaban J connectivity index is 2.82. The van der Waals surface area contributed by atoms with Crippen LogP contribution in [0.15, 0.2) is 0 Å². The molecule has 5 nitrogen and oxygen atoms in total. The molecule has 0 aromatic carbocycles. The molecule has 0 radical (unpaired) electrons. The number of rotatable bonds is 1. The third-order valence-corrected chi connectivity index (χ3v) is 2.60. The summed E-state index contributed by atoms with van der Waals surface area (Å²) in [7, 11) is 0. The number of carbonyl (C=O) groups excluding carboxylic acids is 1. The number of hydrogen-bond donors (Lipinski definition) is 2. The van der Waals surface area contributed by atoms with Crippen molar-refractivity contribution in [3.05, 3.63) is 0 Å². The summed E-state index contributed by atoms with van der Waals surface area (Å²) in [6.07, 6.45) is -6.05. The summed E-state index contributed by atoms with van der Waals surface area (Å²) in [6.45, 7) is -1.01. The maximum absolute atomic E-state index is 12.2. The summed E-state index contributed by atoms with van der Waals surface area (Å²) >= 11 is 0. The number of aliphatic hydroxyl groups excluding tert-OH is 1. The number of halogens is 3. The number of nitrogens with zero attached hydrogens (tertiary/aromatic N) is 1. The van der Waals surface area contributed by atoms with Crippen molar-refractivity contribution in [2.24, 2.45) is 5.92 Å². The highest BCUT2D eigenvalue weighted by atomic mass is 19.4. The van der Waals surface area contributed by atoms with Crippen molar-refractivity contribution >= 4 is 11.9 Å². The fourth-order valence-electron chi connectivity index (χ4n) is 1.72. The first kappa shape index (κ1) is 13.8. The van der Waals surface area contributed by atoms with Crippen molar-refractivity contribution in [3.8, 4) is 0 Å². The number of carboxylic acid groups (broad SMARTS) is 1. The van der Waals surface area contributed by atoms with Crippen molar-refractivity contribution in [1.29, 1.82) is 0 Å². The van der Waals surface area contributed by atoms with E-state index in [4.69, 9.17) is 5.11 Å². The molecule has 1 aliphatic heterocycles. The summed E-state index contributed by atoms with van der Waals surface area (Å²) in [6, 6.07) is 0. The predicted molar refractivity (Wildman–Crippen MR) is 49.0 cm³/mol. The van der Waals surface area contributed by atoms with Crippen LogP contribution in [-0.2, 0) is 9.59 Å². The maximum Gasteiger partial charge on any atom is 0.471 e. The van der Waals surface area contributed by atoms with Crippen molar-refractivity contribution in [3.63, 3.8) is 0 Å². The van der Waals surface area contributed by atoms with Gasteiger partial charge in [-0.15, -0.1) is 0 Å². The molecule has 2 atom stereocenters. The lowest BCUT2D eigenvalue weighted by Crippen LogP contribution is -2.46. The molecule has 0 bridgehead atoms. The van der Waals surface area contributed by atoms with E-state index in [1.165, 1.54) is 0 Å². The van der Waals surface area contributed by atoms with Gasteiger partial charge in [-0.25, -0.2) is 0 Å². The van der Waals surface area contributed by atoms with Gasteiger partial charge in [-0.05, 0) is 12.8 Å². The summed E-state index contributed by atoms with van der Waals surface area (Å²) in [5.74, 6) is -4.44. The zero-order valence-electron chi connectivity index (χ0n) is 8.78. The van der Waals surface area contributed by atoms with E-state index in [0.717, 1.165) is 0 Å². The third kappa shape index (κ3) is 3.58. The quantitative estimate of drug-likeness (QED) is 0.703. The normalized spacial score (nSPS) is 26.5. The van der Waals surface area contributed by atoms with Gasteiger partial charge in [-0.3, -0.25) is 9.59 Å². The molecule has 1 fully saturated rings. The fraction of sp³-hybridized carbons (Fsp3) is 0.778. The molecule has 1 heterocycles. The topological polar surface area (TPSA) is 77.8 Å². The molecule has 0 spiro atoms. The Labute approximate surface area is 94.8 Å². The lowest BCUT2D eigenvalue weighted by molar-refractivity contribution is -0.187. The highest BCUT2D eigenvalue weighted by Gasteiger charge is 2.44. The first-order chi connectivity index (χ1) is 7.71. The van der Waals surface area contributed by atoms with E-state index < -0.39 is 43.2 Å². The van der Waals surface area contributed by atoms with E-state index in [9.17, 15) is 27.9 Å². The summed E-state index contributed by atoms with van der Waals surface area (Å²) in [4.78, 5) is 22.1. The lowest BCUT2D eigenvalue weighted by Gasteiger charge is -2.24. The molecule has 17 heavy (non-hydrogen) atoms. The molecule has 2 N–H and O–H groups in total. The van der Waals surface area contributed by atoms with Crippen LogP contribution in [0.2, 0.25) is 0 Å². The number of β-amino-alcohol motifs (C(OH)–C–C–N with tert-alkyl or cyclic N) is 1. The minimum atomic E-state index is -5.05. The molecular formula is C9H12F3NO4. The van der Waals surface area contributed by atoms with Gasteiger partial charge in [-0.2, -0.15) is 13.2 Å². The summed E-state index contributed by atoms with van der Waals surface area (Å²) < 4.78 is 36.6. The molecule has 98 valence electrons. The number of hydrogen-bond acceptors (Lipinski definition) is 3. The standard InChI is InChI=1S/C9H12F3NO4/c10-9(11,12)8(17)13-3-5(7(15)16)1-2-6(14)4-13/h5-6,14H,1-4H2,(H,15,16)/t5-,6+/m0/s1. The minimum absolute atomic E-state index is 0.0537. The van der Waals surface area contributed by atoms with Crippen molar-refractivity contribution in [1.82, 2.24) is 4.90 Å². The summed E-state index contributed by atoms with van der Waals surface area (Å²) in [5.41, 5.74) is 0. The van der Waals surface area contributed by atoms with Crippen LogP contribution in [0.4, 0.5) is 13.2 Å². The van der Waals surface area contributed by atoms with Gasteiger partial charge in [0.15, 0.2) is 0 Å². The van der Waals surface area contributed by atoms with Crippen molar-refractivity contribution in [2.75, 3.05) is 13.1 Å².